The predicted octanol–water partition coefficient (Wildman–Crippen LogP) is 10.5. The van der Waals surface area contributed by atoms with E-state index in [2.05, 4.69) is 0 Å². The lowest BCUT2D eigenvalue weighted by atomic mass is 9.71. The second-order valence-corrected chi connectivity index (χ2v) is 10.4. The van der Waals surface area contributed by atoms with Crippen LogP contribution >= 0.6 is 0 Å². The SMILES string of the molecule is Cc1ccccc1Oc1c(C)cc(C(c2cc(C)c(Oc3ccccc3C)c(C)c2)(C(F)(F)F)C(F)(F)F)cc1C. The number of alkyl halides is 6. The molecule has 0 fully saturated rings. The van der Waals surface area contributed by atoms with E-state index in [1.165, 1.54) is 27.7 Å². The maximum atomic E-state index is 15.0. The van der Waals surface area contributed by atoms with Gasteiger partial charge in [-0.15, -0.1) is 0 Å². The van der Waals surface area contributed by atoms with Gasteiger partial charge in [0.05, 0.1) is 0 Å². The molecule has 0 saturated heterocycles. The van der Waals surface area contributed by atoms with Crippen LogP contribution in [0.2, 0.25) is 0 Å². The molecular formula is C33H30F6O2. The number of rotatable bonds is 6. The van der Waals surface area contributed by atoms with Gasteiger partial charge in [-0.1, -0.05) is 60.7 Å². The van der Waals surface area contributed by atoms with Gasteiger partial charge in [0, 0.05) is 0 Å². The molecule has 0 saturated carbocycles. The average Bonchev–Trinajstić information content (AvgIpc) is 2.84. The Morgan fingerprint density at radius 3 is 1.00 bits per heavy atom. The summed E-state index contributed by atoms with van der Waals surface area (Å²) < 4.78 is 102. The van der Waals surface area contributed by atoms with Crippen LogP contribution in [0, 0.1) is 41.5 Å². The number of benzene rings is 4. The summed E-state index contributed by atoms with van der Waals surface area (Å²) in [5, 5.41) is 0. The molecule has 8 heteroatoms. The number of hydrogen-bond acceptors (Lipinski definition) is 2. The van der Waals surface area contributed by atoms with Gasteiger partial charge >= 0.3 is 12.4 Å². The van der Waals surface area contributed by atoms with Gasteiger partial charge in [-0.05, 0) is 98.2 Å². The van der Waals surface area contributed by atoms with Gasteiger partial charge in [-0.3, -0.25) is 0 Å². The molecule has 4 rings (SSSR count). The molecule has 0 spiro atoms. The third-order valence-corrected chi connectivity index (χ3v) is 7.25. The van der Waals surface area contributed by atoms with Crippen LogP contribution in [0.5, 0.6) is 23.0 Å². The second-order valence-electron chi connectivity index (χ2n) is 10.4. The molecule has 0 heterocycles. The predicted molar refractivity (Wildman–Crippen MR) is 147 cm³/mol. The van der Waals surface area contributed by atoms with Crippen LogP contribution in [0.15, 0.2) is 72.8 Å². The lowest BCUT2D eigenvalue weighted by molar-refractivity contribution is -0.288. The van der Waals surface area contributed by atoms with Crippen molar-refractivity contribution in [2.45, 2.75) is 59.3 Å². The minimum Gasteiger partial charge on any atom is -0.457 e. The zero-order chi connectivity index (χ0) is 30.3. The first-order chi connectivity index (χ1) is 19.1. The molecule has 0 bridgehead atoms. The number of para-hydroxylation sites is 2. The first-order valence-corrected chi connectivity index (χ1v) is 12.9. The molecule has 4 aromatic rings. The van der Waals surface area contributed by atoms with Crippen molar-refractivity contribution in [1.82, 2.24) is 0 Å². The Kier molecular flexibility index (Phi) is 7.91. The summed E-state index contributed by atoms with van der Waals surface area (Å²) in [5.41, 5.74) is -4.03. The highest BCUT2D eigenvalue weighted by molar-refractivity contribution is 5.56. The zero-order valence-electron chi connectivity index (χ0n) is 23.5. The highest BCUT2D eigenvalue weighted by Gasteiger charge is 2.72. The summed E-state index contributed by atoms with van der Waals surface area (Å²) in [6, 6.07) is 17.7. The van der Waals surface area contributed by atoms with Crippen molar-refractivity contribution in [3.63, 3.8) is 0 Å². The molecule has 0 atom stereocenters. The molecule has 2 nitrogen and oxygen atoms in total. The van der Waals surface area contributed by atoms with E-state index >= 15 is 0 Å². The molecule has 0 aliphatic carbocycles. The van der Waals surface area contributed by atoms with Crippen LogP contribution in [0.25, 0.3) is 0 Å². The Balaban J connectivity index is 1.92. The van der Waals surface area contributed by atoms with E-state index in [-0.39, 0.29) is 33.8 Å². The molecule has 41 heavy (non-hydrogen) atoms. The first-order valence-electron chi connectivity index (χ1n) is 12.9. The smallest absolute Gasteiger partial charge is 0.411 e. The summed E-state index contributed by atoms with van der Waals surface area (Å²) in [7, 11) is 0. The van der Waals surface area contributed by atoms with E-state index in [9.17, 15) is 26.3 Å². The van der Waals surface area contributed by atoms with Crippen molar-refractivity contribution in [2.75, 3.05) is 0 Å². The van der Waals surface area contributed by atoms with E-state index in [0.717, 1.165) is 35.4 Å². The van der Waals surface area contributed by atoms with Gasteiger partial charge in [-0.2, -0.15) is 26.3 Å². The third-order valence-electron chi connectivity index (χ3n) is 7.25. The maximum Gasteiger partial charge on any atom is 0.411 e. The Morgan fingerprint density at radius 2 is 0.732 bits per heavy atom. The standard InChI is InChI=1S/C33H30F6O2/c1-19-11-7-9-13-27(19)40-29-21(3)15-25(16-22(29)4)31(32(34,35)36,33(37,38)39)26-17-23(5)30(24(6)18-26)41-28-14-10-8-12-20(28)2/h7-18H,1-6H3. The van der Waals surface area contributed by atoms with E-state index < -0.39 is 28.9 Å². The zero-order valence-corrected chi connectivity index (χ0v) is 23.5. The molecule has 0 aliphatic heterocycles. The van der Waals surface area contributed by atoms with Gasteiger partial charge in [0.15, 0.2) is 0 Å². The third kappa shape index (κ3) is 5.39. The van der Waals surface area contributed by atoms with Crippen LogP contribution in [-0.4, -0.2) is 12.4 Å². The van der Waals surface area contributed by atoms with E-state index in [1.807, 2.05) is 0 Å². The van der Waals surface area contributed by atoms with Crippen molar-refractivity contribution >= 4 is 0 Å². The Labute approximate surface area is 235 Å². The highest BCUT2D eigenvalue weighted by atomic mass is 19.4. The summed E-state index contributed by atoms with van der Waals surface area (Å²) in [6.07, 6.45) is -11.4. The fourth-order valence-electron chi connectivity index (χ4n) is 5.20. The van der Waals surface area contributed by atoms with E-state index in [4.69, 9.17) is 9.47 Å². The van der Waals surface area contributed by atoms with E-state index in [1.54, 1.807) is 62.4 Å². The molecule has 0 amide bonds. The average molecular weight is 573 g/mol. The van der Waals surface area contributed by atoms with Gasteiger partial charge in [-0.25, -0.2) is 0 Å². The van der Waals surface area contributed by atoms with Crippen molar-refractivity contribution in [3.05, 3.63) is 117 Å². The summed E-state index contributed by atoms with van der Waals surface area (Å²) >= 11 is 0. The largest absolute Gasteiger partial charge is 0.457 e. The number of ether oxygens (including phenoxy) is 2. The number of hydrogen-bond donors (Lipinski definition) is 0. The minimum atomic E-state index is -5.72. The van der Waals surface area contributed by atoms with Crippen molar-refractivity contribution in [1.29, 1.82) is 0 Å². The monoisotopic (exact) mass is 572 g/mol. The fourth-order valence-corrected chi connectivity index (χ4v) is 5.20. The van der Waals surface area contributed by atoms with Crippen molar-refractivity contribution in [2.24, 2.45) is 0 Å². The number of aryl methyl sites for hydroxylation is 6. The fraction of sp³-hybridized carbons (Fsp3) is 0.273. The molecule has 0 aliphatic rings. The van der Waals surface area contributed by atoms with Crippen LogP contribution in [0.3, 0.4) is 0 Å². The Hall–Kier alpha value is -3.94. The van der Waals surface area contributed by atoms with Crippen LogP contribution in [0.4, 0.5) is 26.3 Å². The Morgan fingerprint density at radius 1 is 0.439 bits per heavy atom. The minimum absolute atomic E-state index is 0.147. The lowest BCUT2D eigenvalue weighted by Crippen LogP contribution is -2.55. The van der Waals surface area contributed by atoms with Gasteiger partial charge in [0.25, 0.3) is 0 Å². The van der Waals surface area contributed by atoms with Crippen LogP contribution in [-0.2, 0) is 5.41 Å². The normalized spacial score (nSPS) is 12.4. The molecule has 4 aromatic carbocycles. The van der Waals surface area contributed by atoms with Gasteiger partial charge in [0.1, 0.15) is 23.0 Å². The second kappa shape index (κ2) is 10.8. The molecule has 0 aromatic heterocycles. The molecule has 0 N–H and O–H groups in total. The van der Waals surface area contributed by atoms with Crippen molar-refractivity contribution < 1.29 is 35.8 Å². The summed E-state index contributed by atoms with van der Waals surface area (Å²) in [5.74, 6) is 1.32. The molecule has 0 unspecified atom stereocenters. The molecule has 216 valence electrons. The Bertz CT molecular complexity index is 1420. The topological polar surface area (TPSA) is 18.5 Å². The molecule has 0 radical (unpaired) electrons. The highest BCUT2D eigenvalue weighted by Crippen LogP contribution is 2.57. The summed E-state index contributed by atoms with van der Waals surface area (Å²) in [6.45, 7) is 9.36. The summed E-state index contributed by atoms with van der Waals surface area (Å²) in [4.78, 5) is 0. The van der Waals surface area contributed by atoms with Crippen LogP contribution in [0.1, 0.15) is 44.5 Å². The maximum absolute atomic E-state index is 15.0. The first kappa shape index (κ1) is 30.0. The van der Waals surface area contributed by atoms with Gasteiger partial charge < -0.3 is 9.47 Å². The van der Waals surface area contributed by atoms with Crippen LogP contribution < -0.4 is 9.47 Å². The molecular weight excluding hydrogens is 542 g/mol. The lowest BCUT2D eigenvalue weighted by Gasteiger charge is -2.39. The van der Waals surface area contributed by atoms with Crippen molar-refractivity contribution in [3.8, 4) is 23.0 Å². The van der Waals surface area contributed by atoms with Gasteiger partial charge in [0.2, 0.25) is 5.41 Å². The number of halogens is 6. The van der Waals surface area contributed by atoms with E-state index in [0.29, 0.717) is 11.5 Å². The quantitative estimate of drug-likeness (QED) is 0.214.